The van der Waals surface area contributed by atoms with Crippen LogP contribution in [0.3, 0.4) is 0 Å². The third kappa shape index (κ3) is 3.41. The number of carbonyl (C=O) groups is 2. The predicted octanol–water partition coefficient (Wildman–Crippen LogP) is 4.10. The van der Waals surface area contributed by atoms with Crippen molar-refractivity contribution in [1.29, 1.82) is 0 Å². The number of carbonyl (C=O) groups excluding carboxylic acids is 2. The quantitative estimate of drug-likeness (QED) is 0.182. The standard InChI is InChI=1S/C27H25N3O6/c1-2-35-22-13-17(5-10-21(22)36-15-16-3-6-18(7-4-16)30(33)34)14-28-29-25(31)23-19-8-9-20(24(23)26(29)32)27(19)11-12-27/h3-10,13-14,19-20,23-24H,2,11-12,15H2,1H3/b28-14-/t19-,20+,23-,24+. The molecular weight excluding hydrogens is 462 g/mol. The topological polar surface area (TPSA) is 111 Å². The molecule has 1 heterocycles. The van der Waals surface area contributed by atoms with Crippen LogP contribution in [-0.4, -0.2) is 34.6 Å². The summed E-state index contributed by atoms with van der Waals surface area (Å²) >= 11 is 0. The molecule has 0 radical (unpaired) electrons. The van der Waals surface area contributed by atoms with Crippen molar-refractivity contribution in [3.05, 3.63) is 75.9 Å². The van der Waals surface area contributed by atoms with Gasteiger partial charge in [0, 0.05) is 12.1 Å². The highest BCUT2D eigenvalue weighted by molar-refractivity contribution is 6.07. The van der Waals surface area contributed by atoms with E-state index in [0.29, 0.717) is 23.7 Å². The van der Waals surface area contributed by atoms with Crippen molar-refractivity contribution in [1.82, 2.24) is 5.01 Å². The first-order chi connectivity index (χ1) is 17.4. The van der Waals surface area contributed by atoms with Crippen molar-refractivity contribution in [2.45, 2.75) is 26.4 Å². The second-order valence-corrected chi connectivity index (χ2v) is 9.81. The van der Waals surface area contributed by atoms with Crippen molar-refractivity contribution in [3.63, 3.8) is 0 Å². The van der Waals surface area contributed by atoms with E-state index in [4.69, 9.17) is 9.47 Å². The van der Waals surface area contributed by atoms with E-state index in [1.165, 1.54) is 18.3 Å². The third-order valence-electron chi connectivity index (χ3n) is 7.96. The molecule has 3 aliphatic carbocycles. The van der Waals surface area contributed by atoms with E-state index in [1.807, 2.05) is 6.92 Å². The molecule has 3 fully saturated rings. The van der Waals surface area contributed by atoms with Crippen molar-refractivity contribution in [2.75, 3.05) is 6.61 Å². The molecule has 4 aliphatic rings. The van der Waals surface area contributed by atoms with Gasteiger partial charge in [0.1, 0.15) is 6.61 Å². The molecule has 1 aliphatic heterocycles. The average molecular weight is 488 g/mol. The Morgan fingerprint density at radius 2 is 1.69 bits per heavy atom. The van der Waals surface area contributed by atoms with Crippen LogP contribution in [0.2, 0.25) is 0 Å². The molecule has 6 rings (SSSR count). The Morgan fingerprint density at radius 3 is 2.28 bits per heavy atom. The summed E-state index contributed by atoms with van der Waals surface area (Å²) in [7, 11) is 0. The van der Waals surface area contributed by atoms with Gasteiger partial charge in [-0.15, -0.1) is 0 Å². The number of hydrogen-bond donors (Lipinski definition) is 0. The summed E-state index contributed by atoms with van der Waals surface area (Å²) in [6, 6.07) is 11.4. The number of fused-ring (bicyclic) bond motifs is 3. The number of imide groups is 1. The first kappa shape index (κ1) is 22.5. The van der Waals surface area contributed by atoms with Crippen LogP contribution < -0.4 is 9.47 Å². The van der Waals surface area contributed by atoms with Crippen molar-refractivity contribution < 1.29 is 24.0 Å². The second-order valence-electron chi connectivity index (χ2n) is 9.81. The molecule has 2 aromatic carbocycles. The van der Waals surface area contributed by atoms with E-state index in [0.717, 1.165) is 23.4 Å². The van der Waals surface area contributed by atoms with Gasteiger partial charge >= 0.3 is 0 Å². The molecule has 0 aromatic heterocycles. The highest BCUT2D eigenvalue weighted by Gasteiger charge is 2.73. The zero-order chi connectivity index (χ0) is 25.0. The van der Waals surface area contributed by atoms with E-state index in [1.54, 1.807) is 30.3 Å². The van der Waals surface area contributed by atoms with E-state index in [9.17, 15) is 19.7 Å². The molecule has 1 spiro atoms. The van der Waals surface area contributed by atoms with Crippen molar-refractivity contribution in [2.24, 2.45) is 34.2 Å². The fourth-order valence-corrected chi connectivity index (χ4v) is 6.17. The number of nitro benzene ring substituents is 1. The number of allylic oxidation sites excluding steroid dienone is 2. The predicted molar refractivity (Wildman–Crippen MR) is 129 cm³/mol. The molecule has 2 aromatic rings. The van der Waals surface area contributed by atoms with Gasteiger partial charge in [-0.2, -0.15) is 10.1 Å². The van der Waals surface area contributed by atoms with E-state index < -0.39 is 4.92 Å². The van der Waals surface area contributed by atoms with Gasteiger partial charge in [0.15, 0.2) is 11.5 Å². The number of hydrazone groups is 1. The Bertz CT molecular complexity index is 1280. The van der Waals surface area contributed by atoms with Crippen LogP contribution in [0.1, 0.15) is 30.9 Å². The van der Waals surface area contributed by atoms with Gasteiger partial charge in [-0.05, 0) is 78.5 Å². The fraction of sp³-hybridized carbons (Fsp3) is 0.370. The lowest BCUT2D eigenvalue weighted by atomic mass is 9.85. The molecule has 2 bridgehead atoms. The minimum atomic E-state index is -0.446. The maximum Gasteiger partial charge on any atom is 0.269 e. The van der Waals surface area contributed by atoms with E-state index in [-0.39, 0.29) is 53.2 Å². The van der Waals surface area contributed by atoms with Gasteiger partial charge < -0.3 is 9.47 Å². The maximum atomic E-state index is 13.1. The lowest BCUT2D eigenvalue weighted by molar-refractivity contribution is -0.384. The van der Waals surface area contributed by atoms with Gasteiger partial charge in [0.05, 0.1) is 29.6 Å². The van der Waals surface area contributed by atoms with E-state index >= 15 is 0 Å². The second kappa shape index (κ2) is 8.29. The molecule has 2 saturated carbocycles. The van der Waals surface area contributed by atoms with Gasteiger partial charge in [-0.3, -0.25) is 19.7 Å². The largest absolute Gasteiger partial charge is 0.490 e. The van der Waals surface area contributed by atoms with Crippen LogP contribution in [0.4, 0.5) is 5.69 Å². The Balaban J connectivity index is 1.16. The normalized spacial score (nSPS) is 26.8. The fourth-order valence-electron chi connectivity index (χ4n) is 6.17. The number of ether oxygens (including phenoxy) is 2. The molecule has 1 saturated heterocycles. The lowest BCUT2D eigenvalue weighted by Crippen LogP contribution is -2.30. The van der Waals surface area contributed by atoms with Gasteiger partial charge in [0.2, 0.25) is 0 Å². The zero-order valence-electron chi connectivity index (χ0n) is 19.7. The average Bonchev–Trinajstić information content (AvgIpc) is 3.48. The number of nitrogens with zero attached hydrogens (tertiary/aromatic N) is 3. The van der Waals surface area contributed by atoms with E-state index in [2.05, 4.69) is 17.3 Å². The van der Waals surface area contributed by atoms with Crippen LogP contribution in [-0.2, 0) is 16.2 Å². The summed E-state index contributed by atoms with van der Waals surface area (Å²) < 4.78 is 11.6. The number of non-ortho nitro benzene ring substituents is 1. The number of amides is 2. The molecule has 2 amide bonds. The summed E-state index contributed by atoms with van der Waals surface area (Å²) in [4.78, 5) is 36.6. The monoisotopic (exact) mass is 487 g/mol. The van der Waals surface area contributed by atoms with Gasteiger partial charge in [-0.1, -0.05) is 12.2 Å². The van der Waals surface area contributed by atoms with Crippen molar-refractivity contribution >= 4 is 23.7 Å². The Kier molecular flexibility index (Phi) is 5.17. The first-order valence-electron chi connectivity index (χ1n) is 12.2. The molecule has 9 heteroatoms. The summed E-state index contributed by atoms with van der Waals surface area (Å²) in [6.45, 7) is 2.48. The number of nitro groups is 1. The zero-order valence-corrected chi connectivity index (χ0v) is 19.7. The van der Waals surface area contributed by atoms with Crippen LogP contribution in [0.25, 0.3) is 0 Å². The number of rotatable bonds is 8. The molecule has 184 valence electrons. The SMILES string of the molecule is CCOc1cc(/C=N\N2C(=O)[C@@H]3[C@H](C2=O)[C@H]2C=C[C@@H]3C23CC3)ccc1OCc1ccc([N+](=O)[O-])cc1. The minimum absolute atomic E-state index is 0.0203. The van der Waals surface area contributed by atoms with Crippen molar-refractivity contribution in [3.8, 4) is 11.5 Å². The molecule has 4 atom stereocenters. The molecule has 36 heavy (non-hydrogen) atoms. The summed E-state index contributed by atoms with van der Waals surface area (Å²) in [5.41, 5.74) is 1.62. The summed E-state index contributed by atoms with van der Waals surface area (Å²) in [5, 5.41) is 16.2. The highest BCUT2D eigenvalue weighted by atomic mass is 16.6. The number of benzene rings is 2. The Labute approximate surface area is 207 Å². The highest BCUT2D eigenvalue weighted by Crippen LogP contribution is 2.73. The molecule has 0 N–H and O–H groups in total. The summed E-state index contributed by atoms with van der Waals surface area (Å²) in [5.74, 6) is 0.393. The molecule has 0 unspecified atom stereocenters. The van der Waals surface area contributed by atoms with Gasteiger partial charge in [-0.25, -0.2) is 0 Å². The minimum Gasteiger partial charge on any atom is -0.490 e. The van der Waals surface area contributed by atoms with Crippen LogP contribution in [0.5, 0.6) is 11.5 Å². The molecular formula is C27H25N3O6. The maximum absolute atomic E-state index is 13.1. The smallest absolute Gasteiger partial charge is 0.269 e. The number of hydrogen-bond acceptors (Lipinski definition) is 7. The molecule has 9 nitrogen and oxygen atoms in total. The van der Waals surface area contributed by atoms with Crippen LogP contribution >= 0.6 is 0 Å². The third-order valence-corrected chi connectivity index (χ3v) is 7.96. The Hall–Kier alpha value is -4.01. The van der Waals surface area contributed by atoms with Crippen LogP contribution in [0, 0.1) is 39.2 Å². The first-order valence-corrected chi connectivity index (χ1v) is 12.2. The van der Waals surface area contributed by atoms with Gasteiger partial charge in [0.25, 0.3) is 17.5 Å². The summed E-state index contributed by atoms with van der Waals surface area (Å²) in [6.07, 6.45) is 7.99. The lowest BCUT2D eigenvalue weighted by Gasteiger charge is -2.18. The van der Waals surface area contributed by atoms with Crippen LogP contribution in [0.15, 0.2) is 59.7 Å². The Morgan fingerprint density at radius 1 is 1.03 bits per heavy atom.